The van der Waals surface area contributed by atoms with E-state index in [0.29, 0.717) is 0 Å². The summed E-state index contributed by atoms with van der Waals surface area (Å²) in [7, 11) is 0. The molecule has 0 radical (unpaired) electrons. The summed E-state index contributed by atoms with van der Waals surface area (Å²) in [5, 5.41) is 12.4. The maximum atomic E-state index is 11.5. The first-order chi connectivity index (χ1) is 7.99. The van der Waals surface area contributed by atoms with E-state index in [4.69, 9.17) is 11.6 Å². The molecule has 2 amide bonds. The van der Waals surface area contributed by atoms with Crippen LogP contribution in [-0.2, 0) is 4.79 Å². The molecule has 0 aliphatic heterocycles. The van der Waals surface area contributed by atoms with E-state index < -0.39 is 5.91 Å². The second-order valence-electron chi connectivity index (χ2n) is 3.65. The molecule has 0 bridgehead atoms. The Balaban J connectivity index is 2.45. The monoisotopic (exact) mass is 256 g/mol. The Kier molecular flexibility index (Phi) is 4.84. The van der Waals surface area contributed by atoms with E-state index in [1.807, 2.05) is 13.8 Å². The highest BCUT2D eigenvalue weighted by Gasteiger charge is 2.10. The molecule has 0 saturated heterocycles. The number of amides is 2. The Bertz CT molecular complexity index is 405. The highest BCUT2D eigenvalue weighted by atomic mass is 35.5. The molecule has 0 saturated carbocycles. The number of carbonyl (C=O) groups excluding carboxylic acids is 2. The fourth-order valence-corrected chi connectivity index (χ4v) is 1.16. The molecular formula is C10H13ClN4O2. The van der Waals surface area contributed by atoms with E-state index in [9.17, 15) is 9.59 Å². The minimum atomic E-state index is -0.465. The molecule has 0 spiro atoms. The summed E-state index contributed by atoms with van der Waals surface area (Å²) in [5.74, 6) is -0.719. The Labute approximate surface area is 104 Å². The molecule has 0 fully saturated rings. The summed E-state index contributed by atoms with van der Waals surface area (Å²) in [6, 6.07) is 2.93. The van der Waals surface area contributed by atoms with Gasteiger partial charge in [-0.05, 0) is 26.0 Å². The van der Waals surface area contributed by atoms with Gasteiger partial charge in [0.2, 0.25) is 5.91 Å². The Morgan fingerprint density at radius 2 is 2.06 bits per heavy atom. The van der Waals surface area contributed by atoms with Crippen LogP contribution < -0.4 is 10.6 Å². The summed E-state index contributed by atoms with van der Waals surface area (Å²) in [6.07, 6.45) is 0. The van der Waals surface area contributed by atoms with Crippen LogP contribution in [0.2, 0.25) is 5.15 Å². The molecule has 1 rings (SSSR count). The van der Waals surface area contributed by atoms with Crippen LogP contribution in [0.5, 0.6) is 0 Å². The summed E-state index contributed by atoms with van der Waals surface area (Å²) in [6.45, 7) is 3.58. The fraction of sp³-hybridized carbons (Fsp3) is 0.400. The predicted molar refractivity (Wildman–Crippen MR) is 62.7 cm³/mol. The molecule has 0 aliphatic rings. The second-order valence-corrected chi connectivity index (χ2v) is 4.03. The highest BCUT2D eigenvalue weighted by molar-refractivity contribution is 6.29. The van der Waals surface area contributed by atoms with Gasteiger partial charge in [-0.3, -0.25) is 9.59 Å². The van der Waals surface area contributed by atoms with E-state index in [-0.39, 0.29) is 29.3 Å². The van der Waals surface area contributed by atoms with Crippen molar-refractivity contribution in [3.63, 3.8) is 0 Å². The van der Waals surface area contributed by atoms with Crippen molar-refractivity contribution in [2.45, 2.75) is 19.9 Å². The molecule has 7 heteroatoms. The van der Waals surface area contributed by atoms with Crippen molar-refractivity contribution >= 4 is 23.4 Å². The topological polar surface area (TPSA) is 84.0 Å². The minimum Gasteiger partial charge on any atom is -0.352 e. The molecule has 2 N–H and O–H groups in total. The van der Waals surface area contributed by atoms with Crippen molar-refractivity contribution in [3.05, 3.63) is 23.0 Å². The van der Waals surface area contributed by atoms with Crippen molar-refractivity contribution in [2.75, 3.05) is 6.54 Å². The highest BCUT2D eigenvalue weighted by Crippen LogP contribution is 2.01. The molecule has 92 valence electrons. The predicted octanol–water partition coefficient (Wildman–Crippen LogP) is 0.384. The average Bonchev–Trinajstić information content (AvgIpc) is 2.26. The maximum absolute atomic E-state index is 11.5. The minimum absolute atomic E-state index is 0.0368. The smallest absolute Gasteiger partial charge is 0.272 e. The molecule has 1 aromatic rings. The van der Waals surface area contributed by atoms with Crippen molar-refractivity contribution in [1.29, 1.82) is 0 Å². The first-order valence-corrected chi connectivity index (χ1v) is 5.43. The van der Waals surface area contributed by atoms with Gasteiger partial charge in [0, 0.05) is 6.04 Å². The zero-order chi connectivity index (χ0) is 12.8. The Morgan fingerprint density at radius 1 is 1.35 bits per heavy atom. The summed E-state index contributed by atoms with van der Waals surface area (Å²) < 4.78 is 0. The molecule has 1 heterocycles. The van der Waals surface area contributed by atoms with Crippen LogP contribution >= 0.6 is 11.6 Å². The van der Waals surface area contributed by atoms with E-state index in [2.05, 4.69) is 20.8 Å². The molecule has 17 heavy (non-hydrogen) atoms. The number of hydrogen-bond acceptors (Lipinski definition) is 4. The normalized spacial score (nSPS) is 10.1. The van der Waals surface area contributed by atoms with E-state index >= 15 is 0 Å². The van der Waals surface area contributed by atoms with Crippen molar-refractivity contribution < 1.29 is 9.59 Å². The van der Waals surface area contributed by atoms with Gasteiger partial charge >= 0.3 is 0 Å². The maximum Gasteiger partial charge on any atom is 0.272 e. The van der Waals surface area contributed by atoms with E-state index in [1.54, 1.807) is 0 Å². The van der Waals surface area contributed by atoms with Crippen LogP contribution in [0, 0.1) is 0 Å². The largest absolute Gasteiger partial charge is 0.352 e. The van der Waals surface area contributed by atoms with E-state index in [1.165, 1.54) is 12.1 Å². The van der Waals surface area contributed by atoms with Crippen molar-refractivity contribution in [3.8, 4) is 0 Å². The Hall–Kier alpha value is -1.69. The molecule has 0 aromatic carbocycles. The van der Waals surface area contributed by atoms with Gasteiger partial charge in [-0.15, -0.1) is 10.2 Å². The van der Waals surface area contributed by atoms with Crippen LogP contribution in [0.4, 0.5) is 0 Å². The lowest BCUT2D eigenvalue weighted by atomic mass is 10.3. The summed E-state index contributed by atoms with van der Waals surface area (Å²) >= 11 is 5.53. The summed E-state index contributed by atoms with van der Waals surface area (Å²) in [5.41, 5.74) is 0.117. The third kappa shape index (κ3) is 4.78. The van der Waals surface area contributed by atoms with Gasteiger partial charge in [0.15, 0.2) is 10.8 Å². The van der Waals surface area contributed by atoms with Crippen LogP contribution in [0.3, 0.4) is 0 Å². The number of halogens is 1. The molecular weight excluding hydrogens is 244 g/mol. The fourth-order valence-electron chi connectivity index (χ4n) is 1.06. The first-order valence-electron chi connectivity index (χ1n) is 5.06. The number of hydrogen-bond donors (Lipinski definition) is 2. The van der Waals surface area contributed by atoms with Crippen LogP contribution in [0.15, 0.2) is 12.1 Å². The van der Waals surface area contributed by atoms with Gasteiger partial charge in [0.1, 0.15) is 0 Å². The second kappa shape index (κ2) is 6.15. The lowest BCUT2D eigenvalue weighted by Gasteiger charge is -2.08. The van der Waals surface area contributed by atoms with Gasteiger partial charge < -0.3 is 10.6 Å². The number of rotatable bonds is 4. The average molecular weight is 257 g/mol. The summed E-state index contributed by atoms with van der Waals surface area (Å²) in [4.78, 5) is 22.8. The number of nitrogens with one attached hydrogen (secondary N) is 2. The van der Waals surface area contributed by atoms with Crippen molar-refractivity contribution in [2.24, 2.45) is 0 Å². The standard InChI is InChI=1S/C10H13ClN4O2/c1-6(2)13-9(16)5-12-10(17)7-3-4-8(11)15-14-7/h3-4,6H,5H2,1-2H3,(H,12,17)(H,13,16). The zero-order valence-corrected chi connectivity index (χ0v) is 10.3. The lowest BCUT2D eigenvalue weighted by Crippen LogP contribution is -2.40. The van der Waals surface area contributed by atoms with Crippen LogP contribution in [0.25, 0.3) is 0 Å². The number of carbonyl (C=O) groups is 2. The van der Waals surface area contributed by atoms with Crippen LogP contribution in [-0.4, -0.2) is 34.6 Å². The van der Waals surface area contributed by atoms with Gasteiger partial charge in [0.25, 0.3) is 5.91 Å². The van der Waals surface area contributed by atoms with E-state index in [0.717, 1.165) is 0 Å². The SMILES string of the molecule is CC(C)NC(=O)CNC(=O)c1ccc(Cl)nn1. The van der Waals surface area contributed by atoms with Crippen molar-refractivity contribution in [1.82, 2.24) is 20.8 Å². The lowest BCUT2D eigenvalue weighted by molar-refractivity contribution is -0.120. The van der Waals surface area contributed by atoms with Gasteiger partial charge in [-0.25, -0.2) is 0 Å². The quantitative estimate of drug-likeness (QED) is 0.816. The first kappa shape index (κ1) is 13.4. The zero-order valence-electron chi connectivity index (χ0n) is 9.53. The third-order valence-electron chi connectivity index (χ3n) is 1.72. The third-order valence-corrected chi connectivity index (χ3v) is 1.93. The Morgan fingerprint density at radius 3 is 2.59 bits per heavy atom. The molecule has 6 nitrogen and oxygen atoms in total. The molecule has 0 atom stereocenters. The van der Waals surface area contributed by atoms with Gasteiger partial charge in [-0.1, -0.05) is 11.6 Å². The molecule has 0 aliphatic carbocycles. The van der Waals surface area contributed by atoms with Gasteiger partial charge in [0.05, 0.1) is 6.54 Å². The number of nitrogens with zero attached hydrogens (tertiary/aromatic N) is 2. The molecule has 1 aromatic heterocycles. The van der Waals surface area contributed by atoms with Crippen LogP contribution in [0.1, 0.15) is 24.3 Å². The number of aromatic nitrogens is 2. The van der Waals surface area contributed by atoms with Gasteiger partial charge in [-0.2, -0.15) is 0 Å². The molecule has 0 unspecified atom stereocenters.